The predicted molar refractivity (Wildman–Crippen MR) is 84.1 cm³/mol. The van der Waals surface area contributed by atoms with Crippen molar-refractivity contribution in [2.45, 2.75) is 46.0 Å². The van der Waals surface area contributed by atoms with Gasteiger partial charge in [-0.05, 0) is 47.0 Å². The van der Waals surface area contributed by atoms with Crippen molar-refractivity contribution in [1.82, 2.24) is 0 Å². The van der Waals surface area contributed by atoms with Crippen LogP contribution in [0.3, 0.4) is 0 Å². The first-order valence-corrected chi connectivity index (χ1v) is 8.59. The van der Waals surface area contributed by atoms with E-state index in [0.717, 1.165) is 16.7 Å². The summed E-state index contributed by atoms with van der Waals surface area (Å²) in [5, 5.41) is 3.15. The van der Waals surface area contributed by atoms with Crippen LogP contribution < -0.4 is 5.50 Å². The Bertz CT molecular complexity index is 490. The highest BCUT2D eigenvalue weighted by atomic mass is 31.2. The molecule has 0 aliphatic rings. The summed E-state index contributed by atoms with van der Waals surface area (Å²) >= 11 is 0. The smallest absolute Gasteiger partial charge is 0.202 e. The van der Waals surface area contributed by atoms with Gasteiger partial charge in [-0.25, -0.2) is 9.79 Å². The van der Waals surface area contributed by atoms with Gasteiger partial charge in [0.15, 0.2) is 0 Å². The molecule has 0 saturated heterocycles. The third-order valence-corrected chi connectivity index (χ3v) is 4.19. The maximum atomic E-state index is 11.0. The van der Waals surface area contributed by atoms with Crippen LogP contribution in [0.5, 0.6) is 0 Å². The first-order chi connectivity index (χ1) is 9.04. The molecule has 0 aliphatic heterocycles. The molecule has 0 spiro atoms. The molecule has 0 unspecified atom stereocenters. The lowest BCUT2D eigenvalue weighted by Crippen LogP contribution is -2.13. The van der Waals surface area contributed by atoms with Crippen molar-refractivity contribution < 1.29 is 9.79 Å². The van der Waals surface area contributed by atoms with Gasteiger partial charge in [0.05, 0.1) is 0 Å². The normalized spacial score (nSPS) is 12.6. The lowest BCUT2D eigenvalue weighted by Gasteiger charge is -2.22. The SMILES string of the molecule is Cc1cc(CCC[P+](N)(O)O)cc(C(C)(C)C)c1N=O. The van der Waals surface area contributed by atoms with Crippen LogP contribution in [0.25, 0.3) is 0 Å². The Morgan fingerprint density at radius 2 is 1.90 bits per heavy atom. The van der Waals surface area contributed by atoms with Gasteiger partial charge in [0.2, 0.25) is 0 Å². The quantitative estimate of drug-likeness (QED) is 0.574. The van der Waals surface area contributed by atoms with Gasteiger partial charge in [-0.3, -0.25) is 0 Å². The summed E-state index contributed by atoms with van der Waals surface area (Å²) in [4.78, 5) is 29.4. The molecule has 0 radical (unpaired) electrons. The fourth-order valence-electron chi connectivity index (χ4n) is 2.21. The van der Waals surface area contributed by atoms with Gasteiger partial charge in [-0.1, -0.05) is 32.9 Å². The Morgan fingerprint density at radius 3 is 2.35 bits per heavy atom. The van der Waals surface area contributed by atoms with Gasteiger partial charge in [0, 0.05) is 0 Å². The van der Waals surface area contributed by atoms with Gasteiger partial charge in [0.25, 0.3) is 0 Å². The Hall–Kier alpha value is -0.870. The fourth-order valence-corrected chi connectivity index (χ4v) is 2.83. The zero-order valence-electron chi connectivity index (χ0n) is 12.6. The van der Waals surface area contributed by atoms with Crippen LogP contribution in [-0.2, 0) is 11.8 Å². The Kier molecular flexibility index (Phi) is 5.39. The summed E-state index contributed by atoms with van der Waals surface area (Å²) in [6, 6.07) is 3.91. The van der Waals surface area contributed by atoms with Crippen LogP contribution >= 0.6 is 7.87 Å². The first kappa shape index (κ1) is 17.2. The number of hydrogen-bond donors (Lipinski definition) is 3. The highest BCUT2D eigenvalue weighted by Gasteiger charge is 2.26. The second-order valence-electron chi connectivity index (χ2n) is 6.26. The van der Waals surface area contributed by atoms with Crippen LogP contribution in [0, 0.1) is 11.8 Å². The molecule has 0 atom stereocenters. The Morgan fingerprint density at radius 1 is 1.30 bits per heavy atom. The average Bonchev–Trinajstić information content (AvgIpc) is 2.25. The first-order valence-electron chi connectivity index (χ1n) is 6.64. The number of nitroso groups, excluding NO2 is 1. The molecular weight excluding hydrogens is 275 g/mol. The van der Waals surface area contributed by atoms with Gasteiger partial charge in [-0.15, -0.1) is 4.91 Å². The topological polar surface area (TPSA) is 95.9 Å². The summed E-state index contributed by atoms with van der Waals surface area (Å²) in [6.07, 6.45) is 1.52. The van der Waals surface area contributed by atoms with E-state index in [1.165, 1.54) is 0 Å². The van der Waals surface area contributed by atoms with E-state index in [4.69, 9.17) is 5.50 Å². The molecule has 112 valence electrons. The standard InChI is InChI=1S/C14H24N2O3P/c1-10-8-11(6-5-7-20(15,18)19)9-12(13(10)16-17)14(2,3)4/h8-9,18-19H,5-7,15H2,1-4H3/q+1. The lowest BCUT2D eigenvalue weighted by molar-refractivity contribution is 0.448. The largest absolute Gasteiger partial charge is 0.337 e. The number of aryl methyl sites for hydroxylation is 2. The molecule has 6 heteroatoms. The average molecular weight is 299 g/mol. The lowest BCUT2D eigenvalue weighted by atomic mass is 9.83. The summed E-state index contributed by atoms with van der Waals surface area (Å²) in [7, 11) is -3.19. The molecule has 20 heavy (non-hydrogen) atoms. The van der Waals surface area contributed by atoms with E-state index >= 15 is 0 Å². The summed E-state index contributed by atoms with van der Waals surface area (Å²) in [6.45, 7) is 7.99. The van der Waals surface area contributed by atoms with Crippen LogP contribution in [0.2, 0.25) is 0 Å². The molecule has 1 aromatic carbocycles. The molecule has 0 heterocycles. The maximum Gasteiger partial charge on any atom is 0.337 e. The third-order valence-electron chi connectivity index (χ3n) is 3.21. The number of nitrogens with zero attached hydrogens (tertiary/aromatic N) is 1. The fraction of sp³-hybridized carbons (Fsp3) is 0.571. The zero-order chi connectivity index (χ0) is 15.6. The minimum atomic E-state index is -3.19. The van der Waals surface area contributed by atoms with E-state index in [-0.39, 0.29) is 11.6 Å². The second-order valence-corrected chi connectivity index (χ2v) is 8.28. The van der Waals surface area contributed by atoms with Crippen LogP contribution in [0.4, 0.5) is 5.69 Å². The van der Waals surface area contributed by atoms with Crippen molar-refractivity contribution in [2.75, 3.05) is 6.16 Å². The molecular formula is C14H24N2O3P+. The summed E-state index contributed by atoms with van der Waals surface area (Å²) < 4.78 is 0. The van der Waals surface area contributed by atoms with E-state index in [0.29, 0.717) is 18.5 Å². The van der Waals surface area contributed by atoms with E-state index in [1.807, 2.05) is 39.8 Å². The van der Waals surface area contributed by atoms with E-state index in [9.17, 15) is 14.7 Å². The minimum absolute atomic E-state index is 0.164. The molecule has 0 bridgehead atoms. The van der Waals surface area contributed by atoms with Crippen LogP contribution in [-0.4, -0.2) is 15.9 Å². The number of rotatable bonds is 5. The molecule has 1 rings (SSSR count). The Labute approximate surface area is 120 Å². The van der Waals surface area contributed by atoms with Crippen molar-refractivity contribution in [2.24, 2.45) is 10.7 Å². The van der Waals surface area contributed by atoms with Crippen molar-refractivity contribution >= 4 is 13.6 Å². The molecule has 0 amide bonds. The minimum Gasteiger partial charge on any atom is -0.202 e. The van der Waals surface area contributed by atoms with Gasteiger partial charge in [0.1, 0.15) is 11.8 Å². The molecule has 0 saturated carbocycles. The second kappa shape index (κ2) is 6.27. The van der Waals surface area contributed by atoms with Crippen LogP contribution in [0.15, 0.2) is 17.3 Å². The molecule has 4 N–H and O–H groups in total. The van der Waals surface area contributed by atoms with Crippen molar-refractivity contribution in [1.29, 1.82) is 0 Å². The van der Waals surface area contributed by atoms with Crippen LogP contribution in [0.1, 0.15) is 43.9 Å². The van der Waals surface area contributed by atoms with Gasteiger partial charge < -0.3 is 0 Å². The number of nitrogens with two attached hydrogens (primary N) is 1. The molecule has 0 fully saturated rings. The van der Waals surface area contributed by atoms with Crippen molar-refractivity contribution in [3.8, 4) is 0 Å². The highest BCUT2D eigenvalue weighted by Crippen LogP contribution is 2.41. The number of benzene rings is 1. The molecule has 0 aliphatic carbocycles. The zero-order valence-corrected chi connectivity index (χ0v) is 13.4. The monoisotopic (exact) mass is 299 g/mol. The summed E-state index contributed by atoms with van der Waals surface area (Å²) in [5.41, 5.74) is 8.42. The molecule has 5 nitrogen and oxygen atoms in total. The Balaban J connectivity index is 3.00. The van der Waals surface area contributed by atoms with E-state index < -0.39 is 7.87 Å². The third kappa shape index (κ3) is 4.91. The summed E-state index contributed by atoms with van der Waals surface area (Å²) in [5.74, 6) is 0. The van der Waals surface area contributed by atoms with Gasteiger partial charge in [-0.2, -0.15) is 5.50 Å². The van der Waals surface area contributed by atoms with Crippen molar-refractivity contribution in [3.63, 3.8) is 0 Å². The van der Waals surface area contributed by atoms with Crippen molar-refractivity contribution in [3.05, 3.63) is 33.7 Å². The predicted octanol–water partition coefficient (Wildman–Crippen LogP) is 3.33. The molecule has 0 aromatic heterocycles. The maximum absolute atomic E-state index is 11.0. The molecule has 1 aromatic rings. The number of hydrogen-bond acceptors (Lipinski definition) is 5. The van der Waals surface area contributed by atoms with E-state index in [1.54, 1.807) is 0 Å². The highest BCUT2D eigenvalue weighted by molar-refractivity contribution is 7.62. The van der Waals surface area contributed by atoms with Gasteiger partial charge >= 0.3 is 7.87 Å². The van der Waals surface area contributed by atoms with E-state index in [2.05, 4.69) is 5.18 Å².